The number of hydrogen-bond acceptors (Lipinski definition) is 6. The average molecular weight is 481 g/mol. The van der Waals surface area contributed by atoms with Gasteiger partial charge in [0.15, 0.2) is 0 Å². The highest BCUT2D eigenvalue weighted by Crippen LogP contribution is 2.29. The predicted octanol–water partition coefficient (Wildman–Crippen LogP) is 2.04. The summed E-state index contributed by atoms with van der Waals surface area (Å²) in [6, 6.07) is 4.74. The van der Waals surface area contributed by atoms with Crippen molar-refractivity contribution in [1.29, 1.82) is 0 Å². The number of sulfonamides is 1. The van der Waals surface area contributed by atoms with Gasteiger partial charge in [-0.15, -0.1) is 0 Å². The van der Waals surface area contributed by atoms with Crippen molar-refractivity contribution in [2.24, 2.45) is 5.92 Å². The highest BCUT2D eigenvalue weighted by Gasteiger charge is 2.27. The Balaban J connectivity index is 1.50. The van der Waals surface area contributed by atoms with Crippen LogP contribution in [0.5, 0.6) is 5.75 Å². The molecule has 2 N–H and O–H groups in total. The van der Waals surface area contributed by atoms with E-state index in [0.717, 1.165) is 55.9 Å². The van der Waals surface area contributed by atoms with Crippen LogP contribution in [0.1, 0.15) is 44.9 Å². The standard InChI is InChI=1S/C23H36N4O5S/c1-26(2)33(30,31)21-15-19(9-10-20(21)32-3)24-22(28)16-27-13-11-18(12-14-27)25-23(29)17-7-5-4-6-8-17/h9-10,15,17-18H,4-8,11-14,16H2,1-3H3,(H,24,28)(H,25,29). The van der Waals surface area contributed by atoms with Gasteiger partial charge in [-0.2, -0.15) is 0 Å². The highest BCUT2D eigenvalue weighted by atomic mass is 32.2. The van der Waals surface area contributed by atoms with Crippen molar-refractivity contribution >= 4 is 27.5 Å². The number of carbonyl (C=O) groups is 2. The number of methoxy groups -OCH3 is 1. The smallest absolute Gasteiger partial charge is 0.246 e. The van der Waals surface area contributed by atoms with E-state index in [1.807, 2.05) is 0 Å². The van der Waals surface area contributed by atoms with Crippen LogP contribution in [0.4, 0.5) is 5.69 Å². The van der Waals surface area contributed by atoms with E-state index in [2.05, 4.69) is 15.5 Å². The molecule has 2 amide bonds. The molecule has 9 nitrogen and oxygen atoms in total. The molecular formula is C23H36N4O5S. The largest absolute Gasteiger partial charge is 0.495 e. The van der Waals surface area contributed by atoms with Gasteiger partial charge in [0, 0.05) is 44.8 Å². The van der Waals surface area contributed by atoms with Crippen molar-refractivity contribution in [2.45, 2.75) is 55.9 Å². The fourth-order valence-corrected chi connectivity index (χ4v) is 5.55. The highest BCUT2D eigenvalue weighted by molar-refractivity contribution is 7.89. The van der Waals surface area contributed by atoms with Crippen molar-refractivity contribution in [3.8, 4) is 5.75 Å². The Morgan fingerprint density at radius 3 is 2.36 bits per heavy atom. The summed E-state index contributed by atoms with van der Waals surface area (Å²) in [6.07, 6.45) is 7.14. The number of piperidine rings is 1. The van der Waals surface area contributed by atoms with Gasteiger partial charge in [-0.25, -0.2) is 12.7 Å². The molecule has 0 spiro atoms. The minimum Gasteiger partial charge on any atom is -0.495 e. The Hall–Kier alpha value is -2.17. The van der Waals surface area contributed by atoms with E-state index in [9.17, 15) is 18.0 Å². The molecule has 0 bridgehead atoms. The summed E-state index contributed by atoms with van der Waals surface area (Å²) in [5.74, 6) is 0.360. The van der Waals surface area contributed by atoms with Gasteiger partial charge in [0.05, 0.1) is 13.7 Å². The maximum absolute atomic E-state index is 12.6. The summed E-state index contributed by atoms with van der Waals surface area (Å²) >= 11 is 0. The minimum atomic E-state index is -3.72. The average Bonchev–Trinajstić information content (AvgIpc) is 2.80. The van der Waals surface area contributed by atoms with Gasteiger partial charge in [-0.05, 0) is 43.9 Å². The lowest BCUT2D eigenvalue weighted by atomic mass is 9.88. The number of anilines is 1. The predicted molar refractivity (Wildman–Crippen MR) is 127 cm³/mol. The molecule has 1 saturated heterocycles. The van der Waals surface area contributed by atoms with E-state index in [4.69, 9.17) is 4.74 Å². The Morgan fingerprint density at radius 1 is 1.09 bits per heavy atom. The number of hydrogen-bond donors (Lipinski definition) is 2. The molecule has 1 aromatic carbocycles. The summed E-state index contributed by atoms with van der Waals surface area (Å²) in [7, 11) is 0.580. The maximum atomic E-state index is 12.6. The molecule has 33 heavy (non-hydrogen) atoms. The molecule has 0 radical (unpaired) electrons. The number of likely N-dealkylation sites (tertiary alicyclic amines) is 1. The Bertz CT molecular complexity index is 936. The first-order chi connectivity index (χ1) is 15.7. The number of nitrogens with one attached hydrogen (secondary N) is 2. The molecule has 1 saturated carbocycles. The van der Waals surface area contributed by atoms with Crippen molar-refractivity contribution in [1.82, 2.24) is 14.5 Å². The number of amides is 2. The van der Waals surface area contributed by atoms with Gasteiger partial charge in [0.25, 0.3) is 0 Å². The van der Waals surface area contributed by atoms with E-state index < -0.39 is 10.0 Å². The SMILES string of the molecule is COc1ccc(NC(=O)CN2CCC(NC(=O)C3CCCCC3)CC2)cc1S(=O)(=O)N(C)C. The minimum absolute atomic E-state index is 0.00215. The fraction of sp³-hybridized carbons (Fsp3) is 0.652. The number of ether oxygens (including phenoxy) is 1. The topological polar surface area (TPSA) is 108 Å². The monoisotopic (exact) mass is 480 g/mol. The number of carbonyl (C=O) groups excluding carboxylic acids is 2. The maximum Gasteiger partial charge on any atom is 0.246 e. The molecule has 0 atom stereocenters. The van der Waals surface area contributed by atoms with Crippen LogP contribution in [0.25, 0.3) is 0 Å². The van der Waals surface area contributed by atoms with E-state index in [0.29, 0.717) is 5.69 Å². The van der Waals surface area contributed by atoms with Crippen LogP contribution in [0.3, 0.4) is 0 Å². The quantitative estimate of drug-likeness (QED) is 0.590. The van der Waals surface area contributed by atoms with Gasteiger partial charge in [0.2, 0.25) is 21.8 Å². The zero-order valence-corrected chi connectivity index (χ0v) is 20.6. The lowest BCUT2D eigenvalue weighted by Crippen LogP contribution is -2.48. The molecule has 10 heteroatoms. The van der Waals surface area contributed by atoms with Gasteiger partial charge >= 0.3 is 0 Å². The van der Waals surface area contributed by atoms with E-state index in [1.165, 1.54) is 39.8 Å². The summed E-state index contributed by atoms with van der Waals surface area (Å²) in [5.41, 5.74) is 0.399. The van der Waals surface area contributed by atoms with Gasteiger partial charge < -0.3 is 15.4 Å². The van der Waals surface area contributed by atoms with Crippen LogP contribution in [0.2, 0.25) is 0 Å². The Kier molecular flexibility index (Phi) is 8.72. The molecule has 1 aromatic rings. The molecule has 2 fully saturated rings. The molecule has 3 rings (SSSR count). The summed E-state index contributed by atoms with van der Waals surface area (Å²) in [4.78, 5) is 27.1. The van der Waals surface area contributed by atoms with Crippen molar-refractivity contribution in [3.63, 3.8) is 0 Å². The number of rotatable bonds is 8. The third-order valence-electron chi connectivity index (χ3n) is 6.48. The lowest BCUT2D eigenvalue weighted by Gasteiger charge is -2.33. The van der Waals surface area contributed by atoms with E-state index in [-0.39, 0.29) is 41.0 Å². The molecule has 1 aliphatic carbocycles. The first-order valence-electron chi connectivity index (χ1n) is 11.6. The summed E-state index contributed by atoms with van der Waals surface area (Å²) in [5, 5.41) is 5.99. The van der Waals surface area contributed by atoms with Gasteiger partial charge in [-0.3, -0.25) is 14.5 Å². The Labute approximate surface area is 196 Å². The molecule has 0 unspecified atom stereocenters. The van der Waals surface area contributed by atoms with Crippen molar-refractivity contribution < 1.29 is 22.7 Å². The number of benzene rings is 1. The van der Waals surface area contributed by atoms with Crippen LogP contribution in [0.15, 0.2) is 23.1 Å². The second-order valence-electron chi connectivity index (χ2n) is 9.10. The molecule has 1 aliphatic heterocycles. The Morgan fingerprint density at radius 2 is 1.76 bits per heavy atom. The summed E-state index contributed by atoms with van der Waals surface area (Å²) in [6.45, 7) is 1.67. The molecule has 0 aromatic heterocycles. The van der Waals surface area contributed by atoms with Crippen molar-refractivity contribution in [2.75, 3.05) is 46.2 Å². The molecule has 1 heterocycles. The van der Waals surface area contributed by atoms with E-state index in [1.54, 1.807) is 6.07 Å². The summed E-state index contributed by atoms with van der Waals surface area (Å²) < 4.78 is 31.4. The third-order valence-corrected chi connectivity index (χ3v) is 8.32. The van der Waals surface area contributed by atoms with Crippen LogP contribution in [0, 0.1) is 5.92 Å². The zero-order valence-electron chi connectivity index (χ0n) is 19.8. The van der Waals surface area contributed by atoms with Crippen LogP contribution < -0.4 is 15.4 Å². The third kappa shape index (κ3) is 6.68. The first-order valence-corrected chi connectivity index (χ1v) is 13.1. The number of nitrogens with zero attached hydrogens (tertiary/aromatic N) is 2. The second kappa shape index (κ2) is 11.3. The van der Waals surface area contributed by atoms with Gasteiger partial charge in [-0.1, -0.05) is 19.3 Å². The lowest BCUT2D eigenvalue weighted by molar-refractivity contribution is -0.127. The second-order valence-corrected chi connectivity index (χ2v) is 11.2. The van der Waals surface area contributed by atoms with Crippen LogP contribution in [-0.2, 0) is 19.6 Å². The first kappa shape index (κ1) is 25.5. The van der Waals surface area contributed by atoms with Gasteiger partial charge in [0.1, 0.15) is 10.6 Å². The zero-order chi connectivity index (χ0) is 24.0. The molecular weight excluding hydrogens is 444 g/mol. The van der Waals surface area contributed by atoms with Crippen LogP contribution in [-0.4, -0.2) is 76.3 Å². The fourth-order valence-electron chi connectivity index (χ4n) is 4.48. The normalized spacial score (nSPS) is 18.8. The van der Waals surface area contributed by atoms with Crippen molar-refractivity contribution in [3.05, 3.63) is 18.2 Å². The van der Waals surface area contributed by atoms with Crippen LogP contribution >= 0.6 is 0 Å². The molecule has 2 aliphatic rings. The molecule has 184 valence electrons. The van der Waals surface area contributed by atoms with E-state index >= 15 is 0 Å².